The van der Waals surface area contributed by atoms with Crippen LogP contribution >= 0.6 is 11.6 Å². The molecule has 3 heteroatoms. The second-order valence-corrected chi connectivity index (χ2v) is 4.94. The van der Waals surface area contributed by atoms with Crippen molar-refractivity contribution < 1.29 is 5.11 Å². The first-order valence-corrected chi connectivity index (χ1v) is 6.81. The average molecular weight is 276 g/mol. The third-order valence-electron chi connectivity index (χ3n) is 3.03. The molecule has 0 fully saturated rings. The van der Waals surface area contributed by atoms with Crippen molar-refractivity contribution in [2.24, 2.45) is 0 Å². The van der Waals surface area contributed by atoms with Gasteiger partial charge in [0.1, 0.15) is 0 Å². The van der Waals surface area contributed by atoms with Gasteiger partial charge in [-0.3, -0.25) is 0 Å². The molecule has 19 heavy (non-hydrogen) atoms. The van der Waals surface area contributed by atoms with Gasteiger partial charge in [0.25, 0.3) is 0 Å². The molecule has 0 unspecified atom stereocenters. The maximum atomic E-state index is 10.0. The fourth-order valence-electron chi connectivity index (χ4n) is 1.92. The Morgan fingerprint density at radius 2 is 1.68 bits per heavy atom. The minimum Gasteiger partial charge on any atom is -0.387 e. The van der Waals surface area contributed by atoms with E-state index in [9.17, 15) is 5.11 Å². The Morgan fingerprint density at radius 3 is 2.37 bits per heavy atom. The van der Waals surface area contributed by atoms with E-state index in [4.69, 9.17) is 11.6 Å². The molecule has 100 valence electrons. The smallest absolute Gasteiger partial charge is 0.0914 e. The van der Waals surface area contributed by atoms with E-state index >= 15 is 0 Å². The van der Waals surface area contributed by atoms with E-state index in [1.165, 1.54) is 5.56 Å². The first-order valence-electron chi connectivity index (χ1n) is 6.44. The van der Waals surface area contributed by atoms with Crippen molar-refractivity contribution in [2.45, 2.75) is 12.5 Å². The number of halogens is 1. The van der Waals surface area contributed by atoms with Crippen molar-refractivity contribution in [2.75, 3.05) is 13.1 Å². The molecule has 0 aliphatic carbocycles. The lowest BCUT2D eigenvalue weighted by Gasteiger charge is -2.12. The van der Waals surface area contributed by atoms with Gasteiger partial charge in [-0.05, 0) is 36.2 Å². The van der Waals surface area contributed by atoms with Gasteiger partial charge in [0.15, 0.2) is 0 Å². The van der Waals surface area contributed by atoms with Gasteiger partial charge in [0.05, 0.1) is 6.10 Å². The van der Waals surface area contributed by atoms with Gasteiger partial charge in [-0.1, -0.05) is 54.1 Å². The zero-order chi connectivity index (χ0) is 13.5. The Morgan fingerprint density at radius 1 is 1.00 bits per heavy atom. The molecular formula is C16H18ClNO. The average Bonchev–Trinajstić information content (AvgIpc) is 2.45. The van der Waals surface area contributed by atoms with Crippen LogP contribution in [0.2, 0.25) is 5.02 Å². The maximum absolute atomic E-state index is 10.0. The Balaban J connectivity index is 1.72. The Hall–Kier alpha value is -1.35. The Bertz CT molecular complexity index is 484. The molecule has 2 N–H and O–H groups in total. The van der Waals surface area contributed by atoms with E-state index < -0.39 is 6.10 Å². The predicted octanol–water partition coefficient (Wildman–Crippen LogP) is 3.21. The molecule has 0 saturated carbocycles. The molecule has 0 aromatic heterocycles. The highest BCUT2D eigenvalue weighted by Gasteiger charge is 2.06. The quantitative estimate of drug-likeness (QED) is 0.794. The molecule has 0 bridgehead atoms. The minimum absolute atomic E-state index is 0.493. The van der Waals surface area contributed by atoms with Crippen LogP contribution < -0.4 is 5.32 Å². The highest BCUT2D eigenvalue weighted by Crippen LogP contribution is 2.15. The second-order valence-electron chi connectivity index (χ2n) is 4.51. The molecule has 2 nitrogen and oxygen atoms in total. The molecule has 2 rings (SSSR count). The minimum atomic E-state index is -0.493. The molecule has 2 aromatic rings. The normalized spacial score (nSPS) is 12.3. The van der Waals surface area contributed by atoms with Gasteiger partial charge in [-0.25, -0.2) is 0 Å². The zero-order valence-corrected chi connectivity index (χ0v) is 11.5. The van der Waals surface area contributed by atoms with Crippen LogP contribution in [0.3, 0.4) is 0 Å². The zero-order valence-electron chi connectivity index (χ0n) is 10.7. The fourth-order valence-corrected chi connectivity index (χ4v) is 2.04. The van der Waals surface area contributed by atoms with Crippen molar-refractivity contribution in [3.05, 3.63) is 70.7 Å². The number of benzene rings is 2. The van der Waals surface area contributed by atoms with Crippen molar-refractivity contribution in [1.82, 2.24) is 5.32 Å². The summed E-state index contributed by atoms with van der Waals surface area (Å²) in [5.41, 5.74) is 2.19. The first kappa shape index (κ1) is 14.1. The van der Waals surface area contributed by atoms with E-state index in [0.717, 1.165) is 18.5 Å². The molecule has 0 heterocycles. The molecule has 0 spiro atoms. The summed E-state index contributed by atoms with van der Waals surface area (Å²) in [7, 11) is 0. The van der Waals surface area contributed by atoms with Crippen LogP contribution in [0.4, 0.5) is 0 Å². The van der Waals surface area contributed by atoms with Crippen LogP contribution in [-0.4, -0.2) is 18.2 Å². The van der Waals surface area contributed by atoms with Gasteiger partial charge < -0.3 is 10.4 Å². The Labute approximate surface area is 119 Å². The summed E-state index contributed by atoms with van der Waals surface area (Å²) in [6, 6.07) is 17.6. The van der Waals surface area contributed by atoms with Crippen LogP contribution in [-0.2, 0) is 6.42 Å². The summed E-state index contributed by atoms with van der Waals surface area (Å²) >= 11 is 5.81. The van der Waals surface area contributed by atoms with E-state index in [1.807, 2.05) is 30.3 Å². The van der Waals surface area contributed by atoms with Crippen molar-refractivity contribution >= 4 is 11.6 Å². The molecule has 0 aliphatic rings. The number of aliphatic hydroxyl groups excluding tert-OH is 1. The summed E-state index contributed by atoms with van der Waals surface area (Å²) in [4.78, 5) is 0. The van der Waals surface area contributed by atoms with Crippen LogP contribution in [0.1, 0.15) is 17.2 Å². The first-order chi connectivity index (χ1) is 9.25. The second kappa shape index (κ2) is 7.29. The third-order valence-corrected chi connectivity index (χ3v) is 3.28. The molecular weight excluding hydrogens is 258 g/mol. The Kier molecular flexibility index (Phi) is 5.40. The molecule has 1 atom stereocenters. The molecule has 0 saturated heterocycles. The number of nitrogens with one attached hydrogen (secondary N) is 1. The van der Waals surface area contributed by atoms with E-state index in [1.54, 1.807) is 12.1 Å². The molecule has 0 aliphatic heterocycles. The standard InChI is InChI=1S/C16H18ClNO/c17-15-8-6-14(7-9-15)16(19)12-18-11-10-13-4-2-1-3-5-13/h1-9,16,18-19H,10-12H2/t16-/m0/s1. The summed E-state index contributed by atoms with van der Waals surface area (Å²) < 4.78 is 0. The van der Waals surface area contributed by atoms with Crippen LogP contribution in [0, 0.1) is 0 Å². The number of aliphatic hydroxyl groups is 1. The third kappa shape index (κ3) is 4.67. The molecule has 2 aromatic carbocycles. The van der Waals surface area contributed by atoms with Crippen molar-refractivity contribution in [3.8, 4) is 0 Å². The predicted molar refractivity (Wildman–Crippen MR) is 79.4 cm³/mol. The maximum Gasteiger partial charge on any atom is 0.0914 e. The van der Waals surface area contributed by atoms with Gasteiger partial charge in [-0.15, -0.1) is 0 Å². The van der Waals surface area contributed by atoms with Crippen molar-refractivity contribution in [1.29, 1.82) is 0 Å². The lowest BCUT2D eigenvalue weighted by molar-refractivity contribution is 0.175. The SMILES string of the molecule is O[C@@H](CNCCc1ccccc1)c1ccc(Cl)cc1. The van der Waals surface area contributed by atoms with Crippen LogP contribution in [0.15, 0.2) is 54.6 Å². The summed E-state index contributed by atoms with van der Waals surface area (Å²) in [6.07, 6.45) is 0.474. The van der Waals surface area contributed by atoms with E-state index in [-0.39, 0.29) is 0 Å². The molecule has 0 amide bonds. The van der Waals surface area contributed by atoms with E-state index in [2.05, 4.69) is 17.4 Å². The number of rotatable bonds is 6. The lowest BCUT2D eigenvalue weighted by atomic mass is 10.1. The summed E-state index contributed by atoms with van der Waals surface area (Å²) in [5, 5.41) is 14.0. The van der Waals surface area contributed by atoms with Crippen LogP contribution in [0.5, 0.6) is 0 Å². The number of hydrogen-bond acceptors (Lipinski definition) is 2. The number of hydrogen-bond donors (Lipinski definition) is 2. The topological polar surface area (TPSA) is 32.3 Å². The highest BCUT2D eigenvalue weighted by molar-refractivity contribution is 6.30. The van der Waals surface area contributed by atoms with E-state index in [0.29, 0.717) is 11.6 Å². The largest absolute Gasteiger partial charge is 0.387 e. The van der Waals surface area contributed by atoms with Crippen LogP contribution in [0.25, 0.3) is 0 Å². The lowest BCUT2D eigenvalue weighted by Crippen LogP contribution is -2.23. The summed E-state index contributed by atoms with van der Waals surface area (Å²) in [5.74, 6) is 0. The van der Waals surface area contributed by atoms with Gasteiger partial charge >= 0.3 is 0 Å². The highest BCUT2D eigenvalue weighted by atomic mass is 35.5. The van der Waals surface area contributed by atoms with Gasteiger partial charge in [0, 0.05) is 11.6 Å². The fraction of sp³-hybridized carbons (Fsp3) is 0.250. The van der Waals surface area contributed by atoms with Gasteiger partial charge in [0.2, 0.25) is 0 Å². The van der Waals surface area contributed by atoms with Gasteiger partial charge in [-0.2, -0.15) is 0 Å². The molecule has 0 radical (unpaired) electrons. The monoisotopic (exact) mass is 275 g/mol. The summed E-state index contributed by atoms with van der Waals surface area (Å²) in [6.45, 7) is 1.41. The van der Waals surface area contributed by atoms with Crippen molar-refractivity contribution in [3.63, 3.8) is 0 Å².